The van der Waals surface area contributed by atoms with Crippen molar-refractivity contribution in [1.29, 1.82) is 0 Å². The van der Waals surface area contributed by atoms with E-state index in [4.69, 9.17) is 4.74 Å². The maximum Gasteiger partial charge on any atom is 0.243 e. The van der Waals surface area contributed by atoms with Crippen LogP contribution in [0.3, 0.4) is 0 Å². The number of sulfonamides is 1. The molecule has 1 aliphatic heterocycles. The van der Waals surface area contributed by atoms with Crippen LogP contribution in [0.2, 0.25) is 0 Å². The molecule has 0 saturated carbocycles. The number of ether oxygens (including phenoxy) is 1. The van der Waals surface area contributed by atoms with Crippen LogP contribution >= 0.6 is 0 Å². The molecule has 1 saturated heterocycles. The van der Waals surface area contributed by atoms with Crippen molar-refractivity contribution >= 4 is 19.9 Å². The van der Waals surface area contributed by atoms with Crippen LogP contribution in [0.4, 0.5) is 0 Å². The van der Waals surface area contributed by atoms with E-state index in [1.54, 1.807) is 12.1 Å². The summed E-state index contributed by atoms with van der Waals surface area (Å²) in [6.07, 6.45) is 0.352. The van der Waals surface area contributed by atoms with Crippen LogP contribution in [0.5, 0.6) is 5.75 Å². The Bertz CT molecular complexity index is 754. The Hall–Kier alpha value is -1.12. The molecule has 0 bridgehead atoms. The van der Waals surface area contributed by atoms with Gasteiger partial charge in [-0.25, -0.2) is 16.8 Å². The quantitative estimate of drug-likeness (QED) is 0.727. The van der Waals surface area contributed by atoms with E-state index < -0.39 is 25.9 Å². The summed E-state index contributed by atoms with van der Waals surface area (Å²) in [7, 11) is -6.91. The zero-order chi connectivity index (χ0) is 18.0. The zero-order valence-electron chi connectivity index (χ0n) is 14.3. The summed E-state index contributed by atoms with van der Waals surface area (Å²) in [6.45, 7) is 6.51. The first-order chi connectivity index (χ1) is 11.2. The lowest BCUT2D eigenvalue weighted by Crippen LogP contribution is -2.43. The maximum absolute atomic E-state index is 13.0. The molecule has 0 N–H and O–H groups in total. The minimum absolute atomic E-state index is 0.0467. The monoisotopic (exact) mass is 375 g/mol. The fraction of sp³-hybridized carbons (Fsp3) is 0.625. The first-order valence-corrected chi connectivity index (χ1v) is 11.4. The second-order valence-corrected chi connectivity index (χ2v) is 10.5. The Kier molecular flexibility index (Phi) is 5.93. The van der Waals surface area contributed by atoms with Gasteiger partial charge in [-0.2, -0.15) is 4.31 Å². The van der Waals surface area contributed by atoms with Crippen LogP contribution in [0, 0.1) is 5.92 Å². The van der Waals surface area contributed by atoms with Crippen molar-refractivity contribution in [3.05, 3.63) is 24.3 Å². The fourth-order valence-electron chi connectivity index (χ4n) is 2.82. The van der Waals surface area contributed by atoms with Crippen molar-refractivity contribution in [3.8, 4) is 5.75 Å². The van der Waals surface area contributed by atoms with Crippen molar-refractivity contribution in [2.24, 2.45) is 5.92 Å². The summed E-state index contributed by atoms with van der Waals surface area (Å²) < 4.78 is 56.3. The summed E-state index contributed by atoms with van der Waals surface area (Å²) >= 11 is 0. The second kappa shape index (κ2) is 7.41. The molecule has 1 heterocycles. The largest absolute Gasteiger partial charge is 0.494 e. The van der Waals surface area contributed by atoms with E-state index in [1.807, 2.05) is 20.8 Å². The molecule has 136 valence electrons. The topological polar surface area (TPSA) is 80.8 Å². The van der Waals surface area contributed by atoms with Gasteiger partial charge in [-0.05, 0) is 43.5 Å². The molecule has 24 heavy (non-hydrogen) atoms. The molecule has 0 unspecified atom stereocenters. The standard InChI is InChI=1S/C16H25NO5S2/c1-4-22-15-5-7-16(8-6-15)24(20,21)17(11-13(2)3)14-9-10-23(18,19)12-14/h5-8,13-14H,4,9-12H2,1-3H3/t14-/m1/s1. The molecule has 1 atom stereocenters. The number of rotatable bonds is 7. The molecule has 0 amide bonds. The highest BCUT2D eigenvalue weighted by Gasteiger charge is 2.38. The lowest BCUT2D eigenvalue weighted by molar-refractivity contribution is 0.307. The minimum Gasteiger partial charge on any atom is -0.494 e. The zero-order valence-corrected chi connectivity index (χ0v) is 15.9. The summed E-state index contributed by atoms with van der Waals surface area (Å²) in [5, 5.41) is 0. The molecule has 6 nitrogen and oxygen atoms in total. The van der Waals surface area contributed by atoms with Crippen LogP contribution < -0.4 is 4.74 Å². The molecule has 1 aromatic rings. The maximum atomic E-state index is 13.0. The molecule has 0 spiro atoms. The van der Waals surface area contributed by atoms with E-state index >= 15 is 0 Å². The van der Waals surface area contributed by atoms with E-state index in [2.05, 4.69) is 0 Å². The number of hydrogen-bond acceptors (Lipinski definition) is 5. The van der Waals surface area contributed by atoms with E-state index in [0.717, 1.165) is 0 Å². The van der Waals surface area contributed by atoms with Gasteiger partial charge >= 0.3 is 0 Å². The molecule has 0 aliphatic carbocycles. The van der Waals surface area contributed by atoms with E-state index in [-0.39, 0.29) is 22.3 Å². The Labute approximate surface area is 144 Å². The van der Waals surface area contributed by atoms with Gasteiger partial charge in [-0.1, -0.05) is 13.8 Å². The van der Waals surface area contributed by atoms with Crippen molar-refractivity contribution in [1.82, 2.24) is 4.31 Å². The Morgan fingerprint density at radius 2 is 1.88 bits per heavy atom. The number of nitrogens with zero attached hydrogens (tertiary/aromatic N) is 1. The Balaban J connectivity index is 2.33. The smallest absolute Gasteiger partial charge is 0.243 e. The van der Waals surface area contributed by atoms with Gasteiger partial charge in [0.15, 0.2) is 9.84 Å². The SMILES string of the molecule is CCOc1ccc(S(=O)(=O)N(CC(C)C)[C@@H]2CCS(=O)(=O)C2)cc1. The van der Waals surface area contributed by atoms with Gasteiger partial charge in [-0.3, -0.25) is 0 Å². The number of hydrogen-bond donors (Lipinski definition) is 0. The second-order valence-electron chi connectivity index (χ2n) is 6.43. The van der Waals surface area contributed by atoms with Gasteiger partial charge in [0.2, 0.25) is 10.0 Å². The molecule has 1 fully saturated rings. The highest BCUT2D eigenvalue weighted by atomic mass is 32.2. The van der Waals surface area contributed by atoms with E-state index in [0.29, 0.717) is 25.3 Å². The van der Waals surface area contributed by atoms with Crippen molar-refractivity contribution < 1.29 is 21.6 Å². The molecular weight excluding hydrogens is 350 g/mol. The summed E-state index contributed by atoms with van der Waals surface area (Å²) in [5.74, 6) is 0.655. The predicted octanol–water partition coefficient (Wildman–Crippen LogP) is 1.92. The number of sulfone groups is 1. The van der Waals surface area contributed by atoms with Crippen LogP contribution in [0.1, 0.15) is 27.2 Å². The molecule has 0 aromatic heterocycles. The lowest BCUT2D eigenvalue weighted by atomic mass is 10.2. The Morgan fingerprint density at radius 3 is 2.33 bits per heavy atom. The molecule has 1 aromatic carbocycles. The van der Waals surface area contributed by atoms with Crippen LogP contribution in [0.15, 0.2) is 29.2 Å². The van der Waals surface area contributed by atoms with Crippen molar-refractivity contribution in [2.45, 2.75) is 38.1 Å². The summed E-state index contributed by atoms with van der Waals surface area (Å²) in [5.41, 5.74) is 0. The van der Waals surface area contributed by atoms with E-state index in [1.165, 1.54) is 16.4 Å². The molecule has 0 radical (unpaired) electrons. The molecule has 1 aliphatic rings. The fourth-order valence-corrected chi connectivity index (χ4v) is 6.46. The van der Waals surface area contributed by atoms with Crippen molar-refractivity contribution in [2.75, 3.05) is 24.7 Å². The average molecular weight is 376 g/mol. The van der Waals surface area contributed by atoms with Gasteiger partial charge in [-0.15, -0.1) is 0 Å². The number of benzene rings is 1. The third kappa shape index (κ3) is 4.49. The minimum atomic E-state index is -3.75. The van der Waals surface area contributed by atoms with Gasteiger partial charge < -0.3 is 4.74 Å². The van der Waals surface area contributed by atoms with Crippen LogP contribution in [0.25, 0.3) is 0 Å². The highest BCUT2D eigenvalue weighted by Crippen LogP contribution is 2.27. The van der Waals surface area contributed by atoms with Gasteiger partial charge in [0.25, 0.3) is 0 Å². The molecule has 2 rings (SSSR count). The first-order valence-electron chi connectivity index (χ1n) is 8.11. The molecule has 8 heteroatoms. The highest BCUT2D eigenvalue weighted by molar-refractivity contribution is 7.92. The molecular formula is C16H25NO5S2. The predicted molar refractivity (Wildman–Crippen MR) is 93.4 cm³/mol. The average Bonchev–Trinajstić information content (AvgIpc) is 2.85. The first kappa shape index (κ1) is 19.2. The van der Waals surface area contributed by atoms with Crippen LogP contribution in [-0.4, -0.2) is 51.8 Å². The Morgan fingerprint density at radius 1 is 1.25 bits per heavy atom. The summed E-state index contributed by atoms with van der Waals surface area (Å²) in [4.78, 5) is 0.163. The van der Waals surface area contributed by atoms with E-state index in [9.17, 15) is 16.8 Å². The lowest BCUT2D eigenvalue weighted by Gasteiger charge is -2.29. The van der Waals surface area contributed by atoms with Crippen LogP contribution in [-0.2, 0) is 19.9 Å². The third-order valence-corrected chi connectivity index (χ3v) is 7.58. The van der Waals surface area contributed by atoms with Crippen molar-refractivity contribution in [3.63, 3.8) is 0 Å². The summed E-state index contributed by atoms with van der Waals surface area (Å²) in [6, 6.07) is 5.77. The third-order valence-electron chi connectivity index (χ3n) is 3.90. The van der Waals surface area contributed by atoms with Gasteiger partial charge in [0, 0.05) is 12.6 Å². The normalized spacial score (nSPS) is 20.6. The van der Waals surface area contributed by atoms with Gasteiger partial charge in [0.1, 0.15) is 5.75 Å². The van der Waals surface area contributed by atoms with Gasteiger partial charge in [0.05, 0.1) is 23.0 Å².